The lowest BCUT2D eigenvalue weighted by atomic mass is 10.3. The molecule has 2 aromatic rings. The minimum absolute atomic E-state index is 0.160. The molecule has 0 aliphatic rings. The molecular formula is C16H19N5O4S. The number of rotatable bonds is 8. The number of hydrazone groups is 1. The smallest absolute Gasteiger partial charge is 0.270 e. The Morgan fingerprint density at radius 3 is 2.46 bits per heavy atom. The monoisotopic (exact) mass is 377 g/mol. The van der Waals surface area contributed by atoms with Gasteiger partial charge < -0.3 is 0 Å². The van der Waals surface area contributed by atoms with Gasteiger partial charge in [0.2, 0.25) is 10.0 Å². The normalized spacial score (nSPS) is 11.8. The maximum Gasteiger partial charge on any atom is 0.270 e. The molecule has 138 valence electrons. The van der Waals surface area contributed by atoms with Gasteiger partial charge in [0.05, 0.1) is 16.8 Å². The van der Waals surface area contributed by atoms with Crippen molar-refractivity contribution in [3.05, 3.63) is 58.4 Å². The van der Waals surface area contributed by atoms with Crippen LogP contribution in [0.25, 0.3) is 0 Å². The number of nitrogens with one attached hydrogen (secondary N) is 1. The molecule has 2 rings (SSSR count). The van der Waals surface area contributed by atoms with Gasteiger partial charge in [0.25, 0.3) is 5.69 Å². The van der Waals surface area contributed by atoms with E-state index in [4.69, 9.17) is 0 Å². The summed E-state index contributed by atoms with van der Waals surface area (Å²) in [7, 11) is -3.90. The summed E-state index contributed by atoms with van der Waals surface area (Å²) in [6, 6.07) is 7.06. The van der Waals surface area contributed by atoms with E-state index in [0.29, 0.717) is 0 Å². The van der Waals surface area contributed by atoms with Crippen LogP contribution in [0.2, 0.25) is 0 Å². The lowest BCUT2D eigenvalue weighted by Crippen LogP contribution is -2.31. The predicted molar refractivity (Wildman–Crippen MR) is 98.7 cm³/mol. The lowest BCUT2D eigenvalue weighted by Gasteiger charge is -2.20. The van der Waals surface area contributed by atoms with E-state index in [0.717, 1.165) is 11.6 Å². The summed E-state index contributed by atoms with van der Waals surface area (Å²) >= 11 is 0. The molecule has 1 N–H and O–H groups in total. The van der Waals surface area contributed by atoms with E-state index in [2.05, 4.69) is 15.5 Å². The van der Waals surface area contributed by atoms with Crippen molar-refractivity contribution in [2.75, 3.05) is 18.5 Å². The van der Waals surface area contributed by atoms with Crippen LogP contribution in [-0.2, 0) is 10.0 Å². The predicted octanol–water partition coefficient (Wildman–Crippen LogP) is 2.47. The van der Waals surface area contributed by atoms with E-state index in [1.807, 2.05) is 0 Å². The quantitative estimate of drug-likeness (QED) is 0.429. The van der Waals surface area contributed by atoms with Crippen molar-refractivity contribution in [2.45, 2.75) is 18.7 Å². The summed E-state index contributed by atoms with van der Waals surface area (Å²) in [5.41, 5.74) is 3.28. The van der Waals surface area contributed by atoms with Crippen LogP contribution >= 0.6 is 0 Å². The molecule has 0 bridgehead atoms. The molecule has 0 radical (unpaired) electrons. The third kappa shape index (κ3) is 4.41. The van der Waals surface area contributed by atoms with E-state index in [1.165, 1.54) is 22.7 Å². The fourth-order valence-corrected chi connectivity index (χ4v) is 3.88. The molecule has 1 heterocycles. The van der Waals surface area contributed by atoms with Crippen LogP contribution in [0, 0.1) is 10.1 Å². The Morgan fingerprint density at radius 1 is 1.23 bits per heavy atom. The summed E-state index contributed by atoms with van der Waals surface area (Å²) in [5.74, 6) is 0. The zero-order valence-corrected chi connectivity index (χ0v) is 15.2. The SMILES string of the molecule is CCN(CC)S(=O)(=O)c1cc([N+](=O)[O-])ccc1N/N=C\c1ccncc1. The van der Waals surface area contributed by atoms with Gasteiger partial charge in [-0.3, -0.25) is 20.5 Å². The summed E-state index contributed by atoms with van der Waals surface area (Å²) in [6.45, 7) is 3.91. The molecule has 10 heteroatoms. The van der Waals surface area contributed by atoms with Crippen molar-refractivity contribution in [3.8, 4) is 0 Å². The van der Waals surface area contributed by atoms with Gasteiger partial charge in [0.1, 0.15) is 4.90 Å². The van der Waals surface area contributed by atoms with Crippen molar-refractivity contribution >= 4 is 27.6 Å². The van der Waals surface area contributed by atoms with Crippen LogP contribution < -0.4 is 5.43 Å². The van der Waals surface area contributed by atoms with Gasteiger partial charge in [-0.2, -0.15) is 9.41 Å². The first kappa shape index (κ1) is 19.5. The minimum atomic E-state index is -3.90. The average molecular weight is 377 g/mol. The largest absolute Gasteiger partial charge is 0.277 e. The Labute approximate surface area is 151 Å². The highest BCUT2D eigenvalue weighted by Crippen LogP contribution is 2.29. The standard InChI is InChI=1S/C16H19N5O4S/c1-3-20(4-2)26(24,25)16-11-14(21(22)23)5-6-15(16)19-18-12-13-7-9-17-10-8-13/h5-12,19H,3-4H2,1-2H3/b18-12-. The molecule has 0 spiro atoms. The molecular weight excluding hydrogens is 358 g/mol. The van der Waals surface area contributed by atoms with Gasteiger partial charge in [0, 0.05) is 37.6 Å². The van der Waals surface area contributed by atoms with Crippen molar-refractivity contribution in [1.29, 1.82) is 0 Å². The van der Waals surface area contributed by atoms with E-state index in [-0.39, 0.29) is 29.4 Å². The molecule has 0 atom stereocenters. The third-order valence-corrected chi connectivity index (χ3v) is 5.69. The van der Waals surface area contributed by atoms with Crippen LogP contribution in [0.3, 0.4) is 0 Å². The van der Waals surface area contributed by atoms with Gasteiger partial charge in [-0.25, -0.2) is 8.42 Å². The van der Waals surface area contributed by atoms with Crippen LogP contribution in [-0.4, -0.2) is 41.9 Å². The second-order valence-electron chi connectivity index (χ2n) is 5.18. The summed E-state index contributed by atoms with van der Waals surface area (Å²) in [6.07, 6.45) is 4.70. The number of benzene rings is 1. The van der Waals surface area contributed by atoms with Crippen molar-refractivity contribution in [2.24, 2.45) is 5.10 Å². The highest BCUT2D eigenvalue weighted by atomic mass is 32.2. The molecule has 0 aliphatic carbocycles. The summed E-state index contributed by atoms with van der Waals surface area (Å²) in [4.78, 5) is 14.1. The van der Waals surface area contributed by atoms with Crippen LogP contribution in [0.4, 0.5) is 11.4 Å². The Balaban J connectivity index is 2.42. The Bertz CT molecular complexity index is 896. The zero-order valence-electron chi connectivity index (χ0n) is 14.4. The number of non-ortho nitro benzene ring substituents is 1. The molecule has 26 heavy (non-hydrogen) atoms. The number of aromatic nitrogens is 1. The highest BCUT2D eigenvalue weighted by Gasteiger charge is 2.27. The van der Waals surface area contributed by atoms with E-state index in [1.54, 1.807) is 38.4 Å². The van der Waals surface area contributed by atoms with Crippen molar-refractivity contribution < 1.29 is 13.3 Å². The molecule has 1 aromatic heterocycles. The fourth-order valence-electron chi connectivity index (χ4n) is 2.26. The summed E-state index contributed by atoms with van der Waals surface area (Å²) in [5, 5.41) is 15.1. The molecule has 9 nitrogen and oxygen atoms in total. The molecule has 0 aliphatic heterocycles. The van der Waals surface area contributed by atoms with Crippen LogP contribution in [0.5, 0.6) is 0 Å². The van der Waals surface area contributed by atoms with Crippen LogP contribution in [0.1, 0.15) is 19.4 Å². The molecule has 0 amide bonds. The molecule has 0 saturated carbocycles. The minimum Gasteiger partial charge on any atom is -0.277 e. The molecule has 0 saturated heterocycles. The number of sulfonamides is 1. The number of pyridine rings is 1. The second kappa shape index (κ2) is 8.50. The molecule has 0 unspecified atom stereocenters. The van der Waals surface area contributed by atoms with Crippen molar-refractivity contribution in [1.82, 2.24) is 9.29 Å². The molecule has 0 fully saturated rings. The number of nitro groups is 1. The van der Waals surface area contributed by atoms with Crippen molar-refractivity contribution in [3.63, 3.8) is 0 Å². The maximum atomic E-state index is 12.8. The first-order valence-electron chi connectivity index (χ1n) is 7.87. The zero-order chi connectivity index (χ0) is 19.2. The van der Waals surface area contributed by atoms with Crippen LogP contribution in [0.15, 0.2) is 52.7 Å². The highest BCUT2D eigenvalue weighted by molar-refractivity contribution is 7.89. The van der Waals surface area contributed by atoms with E-state index < -0.39 is 14.9 Å². The first-order valence-corrected chi connectivity index (χ1v) is 9.31. The first-order chi connectivity index (χ1) is 12.4. The van der Waals surface area contributed by atoms with E-state index >= 15 is 0 Å². The second-order valence-corrected chi connectivity index (χ2v) is 7.08. The maximum absolute atomic E-state index is 12.8. The Morgan fingerprint density at radius 2 is 1.88 bits per heavy atom. The van der Waals surface area contributed by atoms with E-state index in [9.17, 15) is 18.5 Å². The van der Waals surface area contributed by atoms with Gasteiger partial charge in [-0.1, -0.05) is 13.8 Å². The lowest BCUT2D eigenvalue weighted by molar-refractivity contribution is -0.385. The molecule has 1 aromatic carbocycles. The third-order valence-electron chi connectivity index (χ3n) is 3.60. The fraction of sp³-hybridized carbons (Fsp3) is 0.250. The van der Waals surface area contributed by atoms with Gasteiger partial charge >= 0.3 is 0 Å². The number of anilines is 1. The number of hydrogen-bond donors (Lipinski definition) is 1. The summed E-state index contributed by atoms with van der Waals surface area (Å²) < 4.78 is 26.9. The Hall–Kier alpha value is -2.85. The van der Waals surface area contributed by atoms with Gasteiger partial charge in [-0.15, -0.1) is 0 Å². The van der Waals surface area contributed by atoms with Gasteiger partial charge in [0.15, 0.2) is 0 Å². The number of hydrogen-bond acceptors (Lipinski definition) is 7. The van der Waals surface area contributed by atoms with Gasteiger partial charge in [-0.05, 0) is 23.8 Å². The Kier molecular flexibility index (Phi) is 6.36. The number of nitrogens with zero attached hydrogens (tertiary/aromatic N) is 4. The number of nitro benzene ring substituents is 1. The average Bonchev–Trinajstić information content (AvgIpc) is 2.63. The topological polar surface area (TPSA) is 118 Å².